The van der Waals surface area contributed by atoms with E-state index in [-0.39, 0.29) is 12.3 Å². The maximum Gasteiger partial charge on any atom is 0.332 e. The van der Waals surface area contributed by atoms with Gasteiger partial charge in [0.25, 0.3) is 5.69 Å². The largest absolute Gasteiger partial charge is 0.489 e. The number of nitrogens with one attached hydrogen (secondary N) is 1. The van der Waals surface area contributed by atoms with Crippen LogP contribution in [0.15, 0.2) is 53.6 Å². The number of carbonyl (C=O) groups is 1. The molecule has 0 aliphatic carbocycles. The number of non-ortho nitro benzene ring substituents is 1. The first-order chi connectivity index (χ1) is 11.0. The molecule has 0 spiro atoms. The van der Waals surface area contributed by atoms with Crippen LogP contribution in [-0.4, -0.2) is 17.2 Å². The Morgan fingerprint density at radius 3 is 2.70 bits per heavy atom. The molecule has 2 amide bonds. The highest BCUT2D eigenvalue weighted by Crippen LogP contribution is 2.16. The Morgan fingerprint density at radius 2 is 2.04 bits per heavy atom. The van der Waals surface area contributed by atoms with Crippen LogP contribution in [0.4, 0.5) is 10.5 Å². The third kappa shape index (κ3) is 5.12. The summed E-state index contributed by atoms with van der Waals surface area (Å²) >= 11 is 0. The van der Waals surface area contributed by atoms with Gasteiger partial charge in [-0.3, -0.25) is 10.1 Å². The minimum atomic E-state index is -0.744. The summed E-state index contributed by atoms with van der Waals surface area (Å²) in [4.78, 5) is 20.6. The zero-order valence-corrected chi connectivity index (χ0v) is 12.0. The van der Waals surface area contributed by atoms with Crippen LogP contribution >= 0.6 is 0 Å². The van der Waals surface area contributed by atoms with Crippen molar-refractivity contribution < 1.29 is 14.5 Å². The van der Waals surface area contributed by atoms with Crippen molar-refractivity contribution in [2.75, 3.05) is 0 Å². The van der Waals surface area contributed by atoms with Gasteiger partial charge in [0.1, 0.15) is 12.4 Å². The monoisotopic (exact) mass is 314 g/mol. The summed E-state index contributed by atoms with van der Waals surface area (Å²) in [5.41, 5.74) is 8.56. The number of ether oxygens (including phenoxy) is 1. The predicted octanol–water partition coefficient (Wildman–Crippen LogP) is 2.18. The molecule has 0 aromatic heterocycles. The smallest absolute Gasteiger partial charge is 0.332 e. The van der Waals surface area contributed by atoms with Gasteiger partial charge < -0.3 is 10.5 Å². The molecular weight excluding hydrogens is 300 g/mol. The first-order valence-corrected chi connectivity index (χ1v) is 6.59. The molecule has 0 saturated carbocycles. The Labute approximate surface area is 131 Å². The average molecular weight is 314 g/mol. The summed E-state index contributed by atoms with van der Waals surface area (Å²) in [6.07, 6.45) is 1.43. The fourth-order valence-corrected chi connectivity index (χ4v) is 1.74. The number of nitro groups is 1. The van der Waals surface area contributed by atoms with Gasteiger partial charge in [0, 0.05) is 12.1 Å². The highest BCUT2D eigenvalue weighted by molar-refractivity contribution is 5.81. The van der Waals surface area contributed by atoms with Crippen molar-refractivity contribution in [3.05, 3.63) is 69.8 Å². The van der Waals surface area contributed by atoms with Crippen LogP contribution in [-0.2, 0) is 6.61 Å². The molecule has 23 heavy (non-hydrogen) atoms. The molecule has 0 heterocycles. The molecule has 2 aromatic rings. The molecule has 2 rings (SSSR count). The topological polar surface area (TPSA) is 120 Å². The van der Waals surface area contributed by atoms with Gasteiger partial charge in [-0.15, -0.1) is 0 Å². The number of primary amides is 1. The maximum absolute atomic E-state index is 10.6. The third-order valence-electron chi connectivity index (χ3n) is 2.80. The number of amides is 2. The standard InChI is InChI=1S/C15H14N4O4/c16-15(20)18-17-9-12-2-1-3-14(8-12)23-10-11-4-6-13(7-5-11)19(21)22/h1-9H,10H2,(H3,16,18,20). The molecule has 0 radical (unpaired) electrons. The summed E-state index contributed by atoms with van der Waals surface area (Å²) in [6, 6.07) is 12.4. The van der Waals surface area contributed by atoms with Crippen LogP contribution in [0, 0.1) is 10.1 Å². The minimum absolute atomic E-state index is 0.0360. The zero-order chi connectivity index (χ0) is 16.7. The van der Waals surface area contributed by atoms with Crippen molar-refractivity contribution in [2.45, 2.75) is 6.61 Å². The van der Waals surface area contributed by atoms with Gasteiger partial charge in [-0.1, -0.05) is 12.1 Å². The number of hydrogen-bond donors (Lipinski definition) is 2. The van der Waals surface area contributed by atoms with Crippen molar-refractivity contribution in [2.24, 2.45) is 10.8 Å². The number of nitro benzene ring substituents is 1. The predicted molar refractivity (Wildman–Crippen MR) is 84.2 cm³/mol. The van der Waals surface area contributed by atoms with Crippen LogP contribution in [0.25, 0.3) is 0 Å². The molecule has 0 aliphatic rings. The zero-order valence-electron chi connectivity index (χ0n) is 12.0. The Morgan fingerprint density at radius 1 is 1.30 bits per heavy atom. The van der Waals surface area contributed by atoms with Crippen molar-refractivity contribution >= 4 is 17.9 Å². The molecule has 8 heteroatoms. The van der Waals surface area contributed by atoms with E-state index in [0.29, 0.717) is 5.75 Å². The van der Waals surface area contributed by atoms with Gasteiger partial charge in [-0.2, -0.15) is 5.10 Å². The SMILES string of the molecule is NC(=O)NN=Cc1cccc(OCc2ccc([N+](=O)[O-])cc2)c1. The van der Waals surface area contributed by atoms with Gasteiger partial charge in [0.2, 0.25) is 0 Å². The molecule has 0 atom stereocenters. The lowest BCUT2D eigenvalue weighted by Gasteiger charge is -2.06. The summed E-state index contributed by atoms with van der Waals surface area (Å²) in [5.74, 6) is 0.603. The van der Waals surface area contributed by atoms with Gasteiger partial charge in [-0.25, -0.2) is 10.2 Å². The second-order valence-electron chi connectivity index (χ2n) is 4.52. The van der Waals surface area contributed by atoms with E-state index < -0.39 is 11.0 Å². The van der Waals surface area contributed by atoms with E-state index in [2.05, 4.69) is 10.5 Å². The van der Waals surface area contributed by atoms with Crippen molar-refractivity contribution in [1.82, 2.24) is 5.43 Å². The molecule has 0 fully saturated rings. The number of rotatable bonds is 6. The van der Waals surface area contributed by atoms with Crippen molar-refractivity contribution in [1.29, 1.82) is 0 Å². The number of hydrogen-bond acceptors (Lipinski definition) is 5. The van der Waals surface area contributed by atoms with Gasteiger partial charge in [-0.05, 0) is 35.4 Å². The van der Waals surface area contributed by atoms with Crippen LogP contribution in [0.3, 0.4) is 0 Å². The van der Waals surface area contributed by atoms with Crippen molar-refractivity contribution in [3.8, 4) is 5.75 Å². The number of carbonyl (C=O) groups excluding carboxylic acids is 1. The molecule has 2 aromatic carbocycles. The van der Waals surface area contributed by atoms with Crippen LogP contribution in [0.5, 0.6) is 5.75 Å². The van der Waals surface area contributed by atoms with E-state index in [9.17, 15) is 14.9 Å². The molecule has 118 valence electrons. The Hall–Kier alpha value is -3.42. The summed E-state index contributed by atoms with van der Waals surface area (Å²) < 4.78 is 5.62. The van der Waals surface area contributed by atoms with E-state index >= 15 is 0 Å². The molecular formula is C15H14N4O4. The molecule has 3 N–H and O–H groups in total. The number of urea groups is 1. The molecule has 0 unspecified atom stereocenters. The minimum Gasteiger partial charge on any atom is -0.489 e. The Kier molecular flexibility index (Phi) is 5.24. The van der Waals surface area contributed by atoms with Gasteiger partial charge in [0.15, 0.2) is 0 Å². The average Bonchev–Trinajstić information content (AvgIpc) is 2.53. The summed E-state index contributed by atoms with van der Waals surface area (Å²) in [5, 5.41) is 14.2. The van der Waals surface area contributed by atoms with Crippen LogP contribution in [0.1, 0.15) is 11.1 Å². The first-order valence-electron chi connectivity index (χ1n) is 6.59. The number of nitrogens with zero attached hydrogens (tertiary/aromatic N) is 2. The molecule has 0 bridgehead atoms. The quantitative estimate of drug-likeness (QED) is 0.482. The Bertz CT molecular complexity index is 729. The van der Waals surface area contributed by atoms with E-state index in [1.165, 1.54) is 18.3 Å². The lowest BCUT2D eigenvalue weighted by Crippen LogP contribution is -2.24. The number of benzene rings is 2. The van der Waals surface area contributed by atoms with E-state index in [1.54, 1.807) is 36.4 Å². The highest BCUT2D eigenvalue weighted by Gasteiger charge is 2.04. The second-order valence-corrected chi connectivity index (χ2v) is 4.52. The van der Waals surface area contributed by atoms with E-state index in [0.717, 1.165) is 11.1 Å². The molecule has 8 nitrogen and oxygen atoms in total. The van der Waals surface area contributed by atoms with Gasteiger partial charge >= 0.3 is 6.03 Å². The number of nitrogens with two attached hydrogens (primary N) is 1. The lowest BCUT2D eigenvalue weighted by molar-refractivity contribution is -0.384. The van der Waals surface area contributed by atoms with E-state index in [1.807, 2.05) is 0 Å². The highest BCUT2D eigenvalue weighted by atomic mass is 16.6. The van der Waals surface area contributed by atoms with Crippen LogP contribution < -0.4 is 15.9 Å². The molecule has 0 aliphatic heterocycles. The summed E-state index contributed by atoms with van der Waals surface area (Å²) in [7, 11) is 0. The first kappa shape index (κ1) is 16.0. The van der Waals surface area contributed by atoms with E-state index in [4.69, 9.17) is 10.5 Å². The van der Waals surface area contributed by atoms with Crippen LogP contribution in [0.2, 0.25) is 0 Å². The fourth-order valence-electron chi connectivity index (χ4n) is 1.74. The second kappa shape index (κ2) is 7.55. The fraction of sp³-hybridized carbons (Fsp3) is 0.0667. The maximum atomic E-state index is 10.6. The van der Waals surface area contributed by atoms with Crippen molar-refractivity contribution in [3.63, 3.8) is 0 Å². The number of hydrazone groups is 1. The summed E-state index contributed by atoms with van der Waals surface area (Å²) in [6.45, 7) is 0.276. The Balaban J connectivity index is 1.96. The normalized spacial score (nSPS) is 10.4. The lowest BCUT2D eigenvalue weighted by atomic mass is 10.2. The van der Waals surface area contributed by atoms with Gasteiger partial charge in [0.05, 0.1) is 11.1 Å². The third-order valence-corrected chi connectivity index (χ3v) is 2.80. The molecule has 0 saturated heterocycles.